The standard InChI is InChI=1S/C15H22FNO/c1-3-11-17(12-4-2)15(18)10-9-13-7-5-6-8-14(13)16/h5-8H,3-4,9-12H2,1-2H3. The predicted molar refractivity (Wildman–Crippen MR) is 71.9 cm³/mol. The highest BCUT2D eigenvalue weighted by molar-refractivity contribution is 5.76. The van der Waals surface area contributed by atoms with Gasteiger partial charge in [-0.25, -0.2) is 4.39 Å². The van der Waals surface area contributed by atoms with Crippen LogP contribution in [0.1, 0.15) is 38.7 Å². The van der Waals surface area contributed by atoms with E-state index in [0.29, 0.717) is 18.4 Å². The molecule has 1 aromatic rings. The van der Waals surface area contributed by atoms with E-state index in [1.165, 1.54) is 6.07 Å². The van der Waals surface area contributed by atoms with Crippen LogP contribution in [0.2, 0.25) is 0 Å². The van der Waals surface area contributed by atoms with E-state index in [1.54, 1.807) is 18.2 Å². The average Bonchev–Trinajstić information content (AvgIpc) is 2.37. The van der Waals surface area contributed by atoms with E-state index in [-0.39, 0.29) is 11.7 Å². The zero-order chi connectivity index (χ0) is 13.4. The quantitative estimate of drug-likeness (QED) is 0.727. The van der Waals surface area contributed by atoms with Crippen molar-refractivity contribution in [3.8, 4) is 0 Å². The lowest BCUT2D eigenvalue weighted by Gasteiger charge is -2.21. The number of hydrogen-bond acceptors (Lipinski definition) is 1. The number of hydrogen-bond donors (Lipinski definition) is 0. The molecule has 100 valence electrons. The van der Waals surface area contributed by atoms with Crippen LogP contribution in [-0.2, 0) is 11.2 Å². The first-order chi connectivity index (χ1) is 8.69. The Labute approximate surface area is 109 Å². The average molecular weight is 251 g/mol. The van der Waals surface area contributed by atoms with Crippen LogP contribution >= 0.6 is 0 Å². The van der Waals surface area contributed by atoms with E-state index in [0.717, 1.165) is 25.9 Å². The van der Waals surface area contributed by atoms with Crippen molar-refractivity contribution in [2.24, 2.45) is 0 Å². The molecule has 0 fully saturated rings. The first kappa shape index (κ1) is 14.7. The molecule has 3 heteroatoms. The molecule has 0 aliphatic heterocycles. The number of carbonyl (C=O) groups excluding carboxylic acids is 1. The van der Waals surface area contributed by atoms with Crippen LogP contribution in [-0.4, -0.2) is 23.9 Å². The van der Waals surface area contributed by atoms with Crippen LogP contribution in [0, 0.1) is 5.82 Å². The van der Waals surface area contributed by atoms with Crippen molar-refractivity contribution in [2.75, 3.05) is 13.1 Å². The molecule has 0 saturated carbocycles. The largest absolute Gasteiger partial charge is 0.343 e. The summed E-state index contributed by atoms with van der Waals surface area (Å²) < 4.78 is 13.4. The van der Waals surface area contributed by atoms with Gasteiger partial charge in [0.1, 0.15) is 5.82 Å². The molecule has 0 saturated heterocycles. The van der Waals surface area contributed by atoms with Gasteiger partial charge in [-0.1, -0.05) is 32.0 Å². The summed E-state index contributed by atoms with van der Waals surface area (Å²) >= 11 is 0. The maximum Gasteiger partial charge on any atom is 0.222 e. The van der Waals surface area contributed by atoms with Gasteiger partial charge in [0, 0.05) is 19.5 Å². The van der Waals surface area contributed by atoms with Gasteiger partial charge in [0.25, 0.3) is 0 Å². The third-order valence-electron chi connectivity index (χ3n) is 2.91. The molecule has 0 atom stereocenters. The summed E-state index contributed by atoms with van der Waals surface area (Å²) in [6.07, 6.45) is 2.80. The van der Waals surface area contributed by atoms with Gasteiger partial charge in [-0.15, -0.1) is 0 Å². The SMILES string of the molecule is CCCN(CCC)C(=O)CCc1ccccc1F. The minimum absolute atomic E-state index is 0.127. The molecule has 1 rings (SSSR count). The summed E-state index contributed by atoms with van der Waals surface area (Å²) in [5.74, 6) is -0.0928. The summed E-state index contributed by atoms with van der Waals surface area (Å²) in [6.45, 7) is 5.72. The minimum atomic E-state index is -0.220. The van der Waals surface area contributed by atoms with Crippen LogP contribution in [0.5, 0.6) is 0 Å². The normalized spacial score (nSPS) is 10.4. The fourth-order valence-corrected chi connectivity index (χ4v) is 2.00. The van der Waals surface area contributed by atoms with Crippen molar-refractivity contribution in [3.63, 3.8) is 0 Å². The molecule has 0 aliphatic rings. The van der Waals surface area contributed by atoms with Gasteiger partial charge in [0.2, 0.25) is 5.91 Å². The fraction of sp³-hybridized carbons (Fsp3) is 0.533. The molecule has 0 aliphatic carbocycles. The van der Waals surface area contributed by atoms with Gasteiger partial charge in [0.15, 0.2) is 0 Å². The topological polar surface area (TPSA) is 20.3 Å². The monoisotopic (exact) mass is 251 g/mol. The smallest absolute Gasteiger partial charge is 0.222 e. The molecule has 0 bridgehead atoms. The zero-order valence-electron chi connectivity index (χ0n) is 11.3. The number of aryl methyl sites for hydroxylation is 1. The van der Waals surface area contributed by atoms with Crippen molar-refractivity contribution in [1.82, 2.24) is 4.90 Å². The highest BCUT2D eigenvalue weighted by atomic mass is 19.1. The summed E-state index contributed by atoms with van der Waals surface area (Å²) in [7, 11) is 0. The van der Waals surface area contributed by atoms with E-state index < -0.39 is 0 Å². The van der Waals surface area contributed by atoms with Gasteiger partial charge in [-0.2, -0.15) is 0 Å². The first-order valence-electron chi connectivity index (χ1n) is 6.70. The maximum atomic E-state index is 13.4. The Morgan fingerprint density at radius 3 is 2.33 bits per heavy atom. The third-order valence-corrected chi connectivity index (χ3v) is 2.91. The molecule has 0 N–H and O–H groups in total. The van der Waals surface area contributed by atoms with E-state index in [2.05, 4.69) is 13.8 Å². The fourth-order valence-electron chi connectivity index (χ4n) is 2.00. The Morgan fingerprint density at radius 2 is 1.78 bits per heavy atom. The van der Waals surface area contributed by atoms with E-state index in [4.69, 9.17) is 0 Å². The second-order valence-corrected chi connectivity index (χ2v) is 4.47. The molecule has 1 aromatic carbocycles. The van der Waals surface area contributed by atoms with Crippen LogP contribution in [0.3, 0.4) is 0 Å². The Morgan fingerprint density at radius 1 is 1.17 bits per heavy atom. The molecule has 18 heavy (non-hydrogen) atoms. The molecular weight excluding hydrogens is 229 g/mol. The first-order valence-corrected chi connectivity index (χ1v) is 6.70. The van der Waals surface area contributed by atoms with Crippen LogP contribution in [0.25, 0.3) is 0 Å². The van der Waals surface area contributed by atoms with Crippen molar-refractivity contribution in [3.05, 3.63) is 35.6 Å². The Hall–Kier alpha value is -1.38. The Bertz CT molecular complexity index is 373. The highest BCUT2D eigenvalue weighted by Crippen LogP contribution is 2.10. The molecule has 1 amide bonds. The van der Waals surface area contributed by atoms with Gasteiger partial charge in [0.05, 0.1) is 0 Å². The van der Waals surface area contributed by atoms with Crippen molar-refractivity contribution < 1.29 is 9.18 Å². The zero-order valence-corrected chi connectivity index (χ0v) is 11.3. The number of nitrogens with zero attached hydrogens (tertiary/aromatic N) is 1. The lowest BCUT2D eigenvalue weighted by molar-refractivity contribution is -0.131. The van der Waals surface area contributed by atoms with Crippen molar-refractivity contribution in [2.45, 2.75) is 39.5 Å². The van der Waals surface area contributed by atoms with Gasteiger partial charge in [-0.05, 0) is 30.9 Å². The summed E-state index contributed by atoms with van der Waals surface area (Å²) in [5, 5.41) is 0. The number of amides is 1. The Balaban J connectivity index is 2.51. The second kappa shape index (κ2) is 7.85. The molecule has 2 nitrogen and oxygen atoms in total. The van der Waals surface area contributed by atoms with Crippen molar-refractivity contribution >= 4 is 5.91 Å². The van der Waals surface area contributed by atoms with Crippen molar-refractivity contribution in [1.29, 1.82) is 0 Å². The Kier molecular flexibility index (Phi) is 6.40. The number of benzene rings is 1. The predicted octanol–water partition coefficient (Wildman–Crippen LogP) is 3.41. The molecule has 0 unspecified atom stereocenters. The number of halogens is 1. The lowest BCUT2D eigenvalue weighted by atomic mass is 10.1. The van der Waals surface area contributed by atoms with E-state index >= 15 is 0 Å². The summed E-state index contributed by atoms with van der Waals surface area (Å²) in [6, 6.07) is 6.65. The molecular formula is C15H22FNO. The number of carbonyl (C=O) groups is 1. The second-order valence-electron chi connectivity index (χ2n) is 4.47. The molecule has 0 radical (unpaired) electrons. The van der Waals surface area contributed by atoms with Crippen LogP contribution in [0.4, 0.5) is 4.39 Å². The van der Waals surface area contributed by atoms with Crippen LogP contribution < -0.4 is 0 Å². The summed E-state index contributed by atoms with van der Waals surface area (Å²) in [5.41, 5.74) is 0.624. The van der Waals surface area contributed by atoms with Gasteiger partial charge >= 0.3 is 0 Å². The van der Waals surface area contributed by atoms with Gasteiger partial charge in [-0.3, -0.25) is 4.79 Å². The molecule has 0 heterocycles. The molecule has 0 spiro atoms. The lowest BCUT2D eigenvalue weighted by Crippen LogP contribution is -2.32. The maximum absolute atomic E-state index is 13.4. The number of rotatable bonds is 7. The molecule has 0 aromatic heterocycles. The summed E-state index contributed by atoms with van der Waals surface area (Å²) in [4.78, 5) is 13.9. The van der Waals surface area contributed by atoms with E-state index in [1.807, 2.05) is 4.90 Å². The van der Waals surface area contributed by atoms with Gasteiger partial charge < -0.3 is 4.90 Å². The van der Waals surface area contributed by atoms with E-state index in [9.17, 15) is 9.18 Å². The van der Waals surface area contributed by atoms with Crippen LogP contribution in [0.15, 0.2) is 24.3 Å². The third kappa shape index (κ3) is 4.47. The highest BCUT2D eigenvalue weighted by Gasteiger charge is 2.12. The minimum Gasteiger partial charge on any atom is -0.343 e.